The van der Waals surface area contributed by atoms with Gasteiger partial charge in [-0.3, -0.25) is 4.79 Å². The molecular formula is C18H23NO3. The van der Waals surface area contributed by atoms with Gasteiger partial charge in [-0.15, -0.1) is 0 Å². The highest BCUT2D eigenvalue weighted by molar-refractivity contribution is 5.96. The van der Waals surface area contributed by atoms with Gasteiger partial charge in [0.15, 0.2) is 0 Å². The quantitative estimate of drug-likeness (QED) is 0.798. The van der Waals surface area contributed by atoms with Gasteiger partial charge in [-0.2, -0.15) is 0 Å². The molecule has 0 N–H and O–H groups in total. The lowest BCUT2D eigenvalue weighted by molar-refractivity contribution is -0.0995. The van der Waals surface area contributed by atoms with E-state index in [0.29, 0.717) is 26.3 Å². The van der Waals surface area contributed by atoms with Gasteiger partial charge in [-0.1, -0.05) is 12.1 Å². The van der Waals surface area contributed by atoms with E-state index in [0.717, 1.165) is 31.4 Å². The zero-order chi connectivity index (χ0) is 15.0. The molecule has 4 heteroatoms. The van der Waals surface area contributed by atoms with Crippen molar-refractivity contribution < 1.29 is 14.3 Å². The maximum absolute atomic E-state index is 13.0. The van der Waals surface area contributed by atoms with E-state index >= 15 is 0 Å². The summed E-state index contributed by atoms with van der Waals surface area (Å²) in [6, 6.07) is 6.21. The second-order valence-electron chi connectivity index (χ2n) is 6.71. The lowest BCUT2D eigenvalue weighted by Crippen LogP contribution is -2.54. The lowest BCUT2D eigenvalue weighted by Gasteiger charge is -2.39. The number of carbonyl (C=O) groups excluding carboxylic acids is 1. The van der Waals surface area contributed by atoms with Crippen LogP contribution in [0.15, 0.2) is 18.2 Å². The van der Waals surface area contributed by atoms with Crippen molar-refractivity contribution in [1.82, 2.24) is 4.90 Å². The maximum atomic E-state index is 13.0. The Morgan fingerprint density at radius 2 is 2.09 bits per heavy atom. The number of hydrogen-bond donors (Lipinski definition) is 0. The molecule has 0 radical (unpaired) electrons. The highest BCUT2D eigenvalue weighted by atomic mass is 16.6. The molecule has 2 aliphatic heterocycles. The van der Waals surface area contributed by atoms with Crippen molar-refractivity contribution >= 4 is 5.91 Å². The van der Waals surface area contributed by atoms with E-state index in [1.807, 2.05) is 17.0 Å². The van der Waals surface area contributed by atoms with Crippen molar-refractivity contribution in [2.24, 2.45) is 0 Å². The molecule has 0 bridgehead atoms. The molecule has 4 nitrogen and oxygen atoms in total. The first-order valence-electron chi connectivity index (χ1n) is 8.39. The van der Waals surface area contributed by atoms with Crippen LogP contribution < -0.4 is 0 Å². The average molecular weight is 301 g/mol. The predicted octanol–water partition coefficient (Wildman–Crippen LogP) is 2.20. The number of benzene rings is 1. The SMILES string of the molecule is O=C(c1cccc2c1CCCC2)N1CCOC2(CCOC2)C1. The van der Waals surface area contributed by atoms with Gasteiger partial charge in [-0.25, -0.2) is 0 Å². The van der Waals surface area contributed by atoms with Crippen LogP contribution in [0, 0.1) is 0 Å². The minimum Gasteiger partial charge on any atom is -0.378 e. The topological polar surface area (TPSA) is 38.8 Å². The summed E-state index contributed by atoms with van der Waals surface area (Å²) in [5.41, 5.74) is 3.29. The molecule has 1 aliphatic carbocycles. The number of morpholine rings is 1. The fraction of sp³-hybridized carbons (Fsp3) is 0.611. The van der Waals surface area contributed by atoms with Crippen LogP contribution in [-0.4, -0.2) is 49.3 Å². The van der Waals surface area contributed by atoms with Crippen LogP contribution in [0.25, 0.3) is 0 Å². The van der Waals surface area contributed by atoms with Gasteiger partial charge in [0, 0.05) is 25.1 Å². The van der Waals surface area contributed by atoms with Crippen molar-refractivity contribution in [3.8, 4) is 0 Å². The Bertz CT molecular complexity index is 578. The molecule has 3 aliphatic rings. The number of amides is 1. The smallest absolute Gasteiger partial charge is 0.254 e. The van der Waals surface area contributed by atoms with E-state index in [-0.39, 0.29) is 11.5 Å². The first-order valence-corrected chi connectivity index (χ1v) is 8.39. The van der Waals surface area contributed by atoms with E-state index in [4.69, 9.17) is 9.47 Å². The molecule has 2 saturated heterocycles. The summed E-state index contributed by atoms with van der Waals surface area (Å²) < 4.78 is 11.4. The molecular weight excluding hydrogens is 278 g/mol. The molecule has 118 valence electrons. The number of rotatable bonds is 1. The highest BCUT2D eigenvalue weighted by Crippen LogP contribution is 2.30. The largest absolute Gasteiger partial charge is 0.378 e. The van der Waals surface area contributed by atoms with Crippen LogP contribution in [0.2, 0.25) is 0 Å². The number of nitrogens with zero attached hydrogens (tertiary/aromatic N) is 1. The van der Waals surface area contributed by atoms with Gasteiger partial charge in [0.25, 0.3) is 5.91 Å². The molecule has 1 aromatic carbocycles. The zero-order valence-electron chi connectivity index (χ0n) is 13.0. The third kappa shape index (κ3) is 2.44. The normalized spacial score (nSPS) is 27.9. The molecule has 0 saturated carbocycles. The lowest BCUT2D eigenvalue weighted by atomic mass is 9.87. The summed E-state index contributed by atoms with van der Waals surface area (Å²) >= 11 is 0. The summed E-state index contributed by atoms with van der Waals surface area (Å²) in [6.07, 6.45) is 5.47. The van der Waals surface area contributed by atoms with Gasteiger partial charge in [0.05, 0.1) is 19.8 Å². The molecule has 1 unspecified atom stereocenters. The zero-order valence-corrected chi connectivity index (χ0v) is 13.0. The second kappa shape index (κ2) is 5.67. The molecule has 0 aromatic heterocycles. The summed E-state index contributed by atoms with van der Waals surface area (Å²) in [5.74, 6) is 0.174. The molecule has 1 spiro atoms. The first kappa shape index (κ1) is 14.2. The monoisotopic (exact) mass is 301 g/mol. The predicted molar refractivity (Wildman–Crippen MR) is 83.1 cm³/mol. The molecule has 1 aromatic rings. The fourth-order valence-corrected chi connectivity index (χ4v) is 4.00. The molecule has 1 atom stereocenters. The van der Waals surface area contributed by atoms with E-state index in [9.17, 15) is 4.79 Å². The van der Waals surface area contributed by atoms with E-state index in [1.165, 1.54) is 24.0 Å². The number of carbonyl (C=O) groups is 1. The summed E-state index contributed by atoms with van der Waals surface area (Å²) in [6.45, 7) is 3.32. The Morgan fingerprint density at radius 3 is 2.95 bits per heavy atom. The van der Waals surface area contributed by atoms with Crippen molar-refractivity contribution in [3.63, 3.8) is 0 Å². The fourth-order valence-electron chi connectivity index (χ4n) is 4.00. The van der Waals surface area contributed by atoms with Crippen LogP contribution in [-0.2, 0) is 22.3 Å². The number of ether oxygens (including phenoxy) is 2. The third-order valence-electron chi connectivity index (χ3n) is 5.23. The average Bonchev–Trinajstić information content (AvgIpc) is 3.01. The third-order valence-corrected chi connectivity index (χ3v) is 5.23. The first-order chi connectivity index (χ1) is 10.8. The van der Waals surface area contributed by atoms with Crippen molar-refractivity contribution in [3.05, 3.63) is 34.9 Å². The van der Waals surface area contributed by atoms with Crippen molar-refractivity contribution in [2.45, 2.75) is 37.7 Å². The molecule has 2 fully saturated rings. The van der Waals surface area contributed by atoms with Gasteiger partial charge in [0.2, 0.25) is 0 Å². The van der Waals surface area contributed by atoms with Gasteiger partial charge in [-0.05, 0) is 42.9 Å². The molecule has 4 rings (SSSR count). The van der Waals surface area contributed by atoms with E-state index < -0.39 is 0 Å². The summed E-state index contributed by atoms with van der Waals surface area (Å²) in [7, 11) is 0. The number of hydrogen-bond acceptors (Lipinski definition) is 3. The van der Waals surface area contributed by atoms with E-state index in [1.54, 1.807) is 0 Å². The van der Waals surface area contributed by atoms with Crippen LogP contribution >= 0.6 is 0 Å². The van der Waals surface area contributed by atoms with Gasteiger partial charge in [0.1, 0.15) is 5.60 Å². The molecule has 1 amide bonds. The minimum atomic E-state index is -0.261. The number of fused-ring (bicyclic) bond motifs is 1. The maximum Gasteiger partial charge on any atom is 0.254 e. The molecule has 22 heavy (non-hydrogen) atoms. The second-order valence-corrected chi connectivity index (χ2v) is 6.71. The van der Waals surface area contributed by atoms with Crippen LogP contribution in [0.1, 0.15) is 40.7 Å². The minimum absolute atomic E-state index is 0.174. The Kier molecular flexibility index (Phi) is 3.66. The van der Waals surface area contributed by atoms with Crippen LogP contribution in [0.5, 0.6) is 0 Å². The number of aryl methyl sites for hydroxylation is 1. The Hall–Kier alpha value is -1.39. The van der Waals surface area contributed by atoms with Crippen LogP contribution in [0.3, 0.4) is 0 Å². The summed E-state index contributed by atoms with van der Waals surface area (Å²) in [4.78, 5) is 15.0. The van der Waals surface area contributed by atoms with Gasteiger partial charge < -0.3 is 14.4 Å². The Labute approximate surface area is 131 Å². The van der Waals surface area contributed by atoms with Crippen molar-refractivity contribution in [2.75, 3.05) is 32.9 Å². The van der Waals surface area contributed by atoms with Crippen LogP contribution in [0.4, 0.5) is 0 Å². The Morgan fingerprint density at radius 1 is 1.18 bits per heavy atom. The van der Waals surface area contributed by atoms with E-state index in [2.05, 4.69) is 6.07 Å². The Balaban J connectivity index is 1.59. The van der Waals surface area contributed by atoms with Crippen molar-refractivity contribution in [1.29, 1.82) is 0 Å². The van der Waals surface area contributed by atoms with Gasteiger partial charge >= 0.3 is 0 Å². The molecule has 2 heterocycles. The summed E-state index contributed by atoms with van der Waals surface area (Å²) in [5, 5.41) is 0. The standard InChI is InChI=1S/C18H23NO3/c20-17(16-7-3-5-14-4-1-2-6-15(14)16)19-9-11-22-18(12-19)8-10-21-13-18/h3,5,7H,1-2,4,6,8-13H2. The highest BCUT2D eigenvalue weighted by Gasteiger charge is 2.42.